The summed E-state index contributed by atoms with van der Waals surface area (Å²) in [5, 5.41) is 2.99. The molecule has 23 heavy (non-hydrogen) atoms. The number of aryl methyl sites for hydroxylation is 2. The predicted molar refractivity (Wildman–Crippen MR) is 91.7 cm³/mol. The zero-order chi connectivity index (χ0) is 16.2. The third-order valence-electron chi connectivity index (χ3n) is 4.15. The number of carbonyl (C=O) groups is 1. The standard InChI is InChI=1S/C18H21NO3S/c1-21-14-8-7-13(15(10-14)22-2)11-19-18(20)17-9-12-5-3-4-6-16(12)23-17/h7-10H,3-6,11H2,1-2H3,(H,19,20). The first-order valence-corrected chi connectivity index (χ1v) is 8.63. The molecule has 1 aliphatic carbocycles. The molecular formula is C18H21NO3S. The van der Waals surface area contributed by atoms with Crippen LogP contribution in [0.4, 0.5) is 0 Å². The maximum atomic E-state index is 12.4. The summed E-state index contributed by atoms with van der Waals surface area (Å²) in [5.41, 5.74) is 2.29. The highest BCUT2D eigenvalue weighted by Crippen LogP contribution is 2.30. The molecule has 1 heterocycles. The van der Waals surface area contributed by atoms with E-state index in [4.69, 9.17) is 9.47 Å². The molecule has 3 rings (SSSR count). The lowest BCUT2D eigenvalue weighted by molar-refractivity contribution is 0.0954. The van der Waals surface area contributed by atoms with Crippen LogP contribution in [0.15, 0.2) is 24.3 Å². The van der Waals surface area contributed by atoms with Gasteiger partial charge < -0.3 is 14.8 Å². The number of thiophene rings is 1. The van der Waals surface area contributed by atoms with Crippen LogP contribution in [0.1, 0.15) is 38.5 Å². The van der Waals surface area contributed by atoms with Crippen molar-refractivity contribution < 1.29 is 14.3 Å². The second kappa shape index (κ2) is 7.04. The van der Waals surface area contributed by atoms with Crippen molar-refractivity contribution in [1.82, 2.24) is 5.32 Å². The summed E-state index contributed by atoms with van der Waals surface area (Å²) in [6, 6.07) is 7.66. The van der Waals surface area contributed by atoms with Gasteiger partial charge in [-0.25, -0.2) is 0 Å². The van der Waals surface area contributed by atoms with Gasteiger partial charge in [-0.1, -0.05) is 0 Å². The van der Waals surface area contributed by atoms with Crippen LogP contribution in [0.2, 0.25) is 0 Å². The van der Waals surface area contributed by atoms with E-state index in [1.807, 2.05) is 18.2 Å². The van der Waals surface area contributed by atoms with E-state index in [0.717, 1.165) is 34.8 Å². The smallest absolute Gasteiger partial charge is 0.261 e. The molecule has 0 bridgehead atoms. The Balaban J connectivity index is 1.68. The molecule has 0 aliphatic heterocycles. The molecule has 0 saturated heterocycles. The lowest BCUT2D eigenvalue weighted by Crippen LogP contribution is -2.22. The van der Waals surface area contributed by atoms with Crippen LogP contribution < -0.4 is 14.8 Å². The Hall–Kier alpha value is -2.01. The predicted octanol–water partition coefficient (Wildman–Crippen LogP) is 3.57. The van der Waals surface area contributed by atoms with E-state index in [1.54, 1.807) is 25.6 Å². The SMILES string of the molecule is COc1ccc(CNC(=O)c2cc3c(s2)CCCC3)c(OC)c1. The van der Waals surface area contributed by atoms with Crippen LogP contribution in [0.3, 0.4) is 0 Å². The van der Waals surface area contributed by atoms with Crippen LogP contribution >= 0.6 is 11.3 Å². The molecular weight excluding hydrogens is 310 g/mol. The number of methoxy groups -OCH3 is 2. The van der Waals surface area contributed by atoms with Gasteiger partial charge in [0.1, 0.15) is 11.5 Å². The molecule has 1 aromatic heterocycles. The molecule has 1 aliphatic rings. The van der Waals surface area contributed by atoms with Crippen LogP contribution in [-0.4, -0.2) is 20.1 Å². The highest BCUT2D eigenvalue weighted by molar-refractivity contribution is 7.14. The Morgan fingerprint density at radius 1 is 1.17 bits per heavy atom. The Morgan fingerprint density at radius 3 is 2.74 bits per heavy atom. The minimum absolute atomic E-state index is 0.0118. The fraction of sp³-hybridized carbons (Fsp3) is 0.389. The lowest BCUT2D eigenvalue weighted by atomic mass is 9.99. The van der Waals surface area contributed by atoms with E-state index >= 15 is 0 Å². The summed E-state index contributed by atoms with van der Waals surface area (Å²) >= 11 is 1.63. The molecule has 0 fully saturated rings. The van der Waals surface area contributed by atoms with Crippen molar-refractivity contribution in [2.24, 2.45) is 0 Å². The first-order valence-electron chi connectivity index (χ1n) is 7.82. The first kappa shape index (κ1) is 15.9. The monoisotopic (exact) mass is 331 g/mol. The first-order chi connectivity index (χ1) is 11.2. The largest absolute Gasteiger partial charge is 0.497 e. The van der Waals surface area contributed by atoms with E-state index in [1.165, 1.54) is 23.3 Å². The average molecular weight is 331 g/mol. The zero-order valence-corrected chi connectivity index (χ0v) is 14.3. The van der Waals surface area contributed by atoms with Gasteiger partial charge in [0, 0.05) is 23.1 Å². The van der Waals surface area contributed by atoms with Crippen LogP contribution in [0.25, 0.3) is 0 Å². The Bertz CT molecular complexity index is 685. The van der Waals surface area contributed by atoms with Crippen LogP contribution in [0.5, 0.6) is 11.5 Å². The Kier molecular flexibility index (Phi) is 4.86. The van der Waals surface area contributed by atoms with Crippen molar-refractivity contribution in [3.05, 3.63) is 45.1 Å². The van der Waals surface area contributed by atoms with Crippen molar-refractivity contribution in [2.75, 3.05) is 14.2 Å². The average Bonchev–Trinajstić information content (AvgIpc) is 3.03. The Morgan fingerprint density at radius 2 is 2.00 bits per heavy atom. The zero-order valence-electron chi connectivity index (χ0n) is 13.5. The second-order valence-corrected chi connectivity index (χ2v) is 6.76. The minimum atomic E-state index is -0.0118. The van der Waals surface area contributed by atoms with Crippen molar-refractivity contribution in [2.45, 2.75) is 32.2 Å². The van der Waals surface area contributed by atoms with Crippen molar-refractivity contribution in [1.29, 1.82) is 0 Å². The van der Waals surface area contributed by atoms with Gasteiger partial charge in [-0.3, -0.25) is 4.79 Å². The third-order valence-corrected chi connectivity index (χ3v) is 5.39. The van der Waals surface area contributed by atoms with E-state index in [9.17, 15) is 4.79 Å². The maximum absolute atomic E-state index is 12.4. The molecule has 4 nitrogen and oxygen atoms in total. The topological polar surface area (TPSA) is 47.6 Å². The molecule has 122 valence electrons. The molecule has 0 spiro atoms. The molecule has 0 saturated carbocycles. The van der Waals surface area contributed by atoms with Gasteiger partial charge in [0.05, 0.1) is 19.1 Å². The number of nitrogens with one attached hydrogen (secondary N) is 1. The highest BCUT2D eigenvalue weighted by atomic mass is 32.1. The summed E-state index contributed by atoms with van der Waals surface area (Å²) in [5.74, 6) is 1.44. The Labute approximate surface area is 140 Å². The lowest BCUT2D eigenvalue weighted by Gasteiger charge is -2.11. The number of benzene rings is 1. The maximum Gasteiger partial charge on any atom is 0.261 e. The van der Waals surface area contributed by atoms with Crippen molar-refractivity contribution in [3.63, 3.8) is 0 Å². The van der Waals surface area contributed by atoms with E-state index in [2.05, 4.69) is 11.4 Å². The minimum Gasteiger partial charge on any atom is -0.497 e. The van der Waals surface area contributed by atoms with Gasteiger partial charge in [-0.2, -0.15) is 0 Å². The van der Waals surface area contributed by atoms with Gasteiger partial charge in [0.2, 0.25) is 0 Å². The molecule has 1 amide bonds. The van der Waals surface area contributed by atoms with Crippen molar-refractivity contribution >= 4 is 17.2 Å². The quantitative estimate of drug-likeness (QED) is 0.911. The second-order valence-electron chi connectivity index (χ2n) is 5.63. The number of hydrogen-bond donors (Lipinski definition) is 1. The molecule has 0 atom stereocenters. The molecule has 5 heteroatoms. The summed E-state index contributed by atoms with van der Waals surface area (Å²) in [6.45, 7) is 0.439. The molecule has 2 aromatic rings. The van der Waals surface area contributed by atoms with Crippen molar-refractivity contribution in [3.8, 4) is 11.5 Å². The van der Waals surface area contributed by atoms with Gasteiger partial charge >= 0.3 is 0 Å². The number of hydrogen-bond acceptors (Lipinski definition) is 4. The normalized spacial score (nSPS) is 13.3. The molecule has 0 unspecified atom stereocenters. The summed E-state index contributed by atoms with van der Waals surface area (Å²) in [4.78, 5) is 14.6. The molecule has 1 aromatic carbocycles. The summed E-state index contributed by atoms with van der Waals surface area (Å²) < 4.78 is 10.6. The number of carbonyl (C=O) groups excluding carboxylic acids is 1. The summed E-state index contributed by atoms with van der Waals surface area (Å²) in [6.07, 6.45) is 4.68. The fourth-order valence-electron chi connectivity index (χ4n) is 2.86. The van der Waals surface area contributed by atoms with E-state index < -0.39 is 0 Å². The fourth-order valence-corrected chi connectivity index (χ4v) is 4.03. The van der Waals surface area contributed by atoms with Gasteiger partial charge in [-0.15, -0.1) is 11.3 Å². The summed E-state index contributed by atoms with van der Waals surface area (Å²) in [7, 11) is 3.24. The van der Waals surface area contributed by atoms with Crippen LogP contribution in [-0.2, 0) is 19.4 Å². The number of amides is 1. The number of fused-ring (bicyclic) bond motifs is 1. The van der Waals surface area contributed by atoms with E-state index in [-0.39, 0.29) is 5.91 Å². The van der Waals surface area contributed by atoms with Gasteiger partial charge in [0.15, 0.2) is 0 Å². The number of ether oxygens (including phenoxy) is 2. The van der Waals surface area contributed by atoms with Gasteiger partial charge in [0.25, 0.3) is 5.91 Å². The molecule has 1 N–H and O–H groups in total. The highest BCUT2D eigenvalue weighted by Gasteiger charge is 2.17. The van der Waals surface area contributed by atoms with Gasteiger partial charge in [-0.05, 0) is 49.4 Å². The van der Waals surface area contributed by atoms with Crippen LogP contribution in [0, 0.1) is 0 Å². The number of rotatable bonds is 5. The van der Waals surface area contributed by atoms with E-state index in [0.29, 0.717) is 6.54 Å². The molecule has 0 radical (unpaired) electrons. The third kappa shape index (κ3) is 3.50.